The Hall–Kier alpha value is -3.35. The van der Waals surface area contributed by atoms with Crippen LogP contribution in [0.5, 0.6) is 5.75 Å². The number of aryl methyl sites for hydroxylation is 1. The van der Waals surface area contributed by atoms with E-state index in [9.17, 15) is 9.59 Å². The summed E-state index contributed by atoms with van der Waals surface area (Å²) in [6.45, 7) is 4.41. The molecule has 1 unspecified atom stereocenters. The first-order valence-corrected chi connectivity index (χ1v) is 8.63. The van der Waals surface area contributed by atoms with Gasteiger partial charge in [-0.05, 0) is 25.5 Å². The number of fused-ring (bicyclic) bond motifs is 1. The highest BCUT2D eigenvalue weighted by molar-refractivity contribution is 6.10. The van der Waals surface area contributed by atoms with Crippen molar-refractivity contribution in [2.75, 3.05) is 19.0 Å². The summed E-state index contributed by atoms with van der Waals surface area (Å²) in [5, 5.41) is 3.18. The Kier molecular flexibility index (Phi) is 3.87. The van der Waals surface area contributed by atoms with Gasteiger partial charge < -0.3 is 20.8 Å². The van der Waals surface area contributed by atoms with E-state index in [-0.39, 0.29) is 5.56 Å². The van der Waals surface area contributed by atoms with Crippen molar-refractivity contribution >= 4 is 17.3 Å². The summed E-state index contributed by atoms with van der Waals surface area (Å²) in [5.41, 5.74) is 11.2. The van der Waals surface area contributed by atoms with E-state index in [0.29, 0.717) is 28.3 Å². The second-order valence-electron chi connectivity index (χ2n) is 6.77. The fourth-order valence-electron chi connectivity index (χ4n) is 3.70. The van der Waals surface area contributed by atoms with E-state index < -0.39 is 11.8 Å². The Labute approximate surface area is 156 Å². The van der Waals surface area contributed by atoms with E-state index in [1.807, 2.05) is 25.1 Å². The molecule has 1 aromatic heterocycles. The number of hydrogen-bond acceptors (Lipinski definition) is 5. The monoisotopic (exact) mass is 364 g/mol. The van der Waals surface area contributed by atoms with Gasteiger partial charge in [-0.2, -0.15) is 0 Å². The summed E-state index contributed by atoms with van der Waals surface area (Å²) in [6.07, 6.45) is 1.65. The van der Waals surface area contributed by atoms with Gasteiger partial charge >= 0.3 is 0 Å². The minimum absolute atomic E-state index is 0.267. The maximum atomic E-state index is 12.7. The number of allylic oxidation sites excluding steroid dienone is 1. The molecule has 0 bridgehead atoms. The molecule has 4 rings (SSSR count). The molecule has 3 heterocycles. The van der Waals surface area contributed by atoms with E-state index in [1.54, 1.807) is 20.2 Å². The van der Waals surface area contributed by atoms with Gasteiger partial charge in [-0.3, -0.25) is 14.6 Å². The standard InChI is InChI=1S/C20H20N4O3/c1-9-7-23-20(26)17-16(15(19(21)25)10(2)24-18(9)17)12-5-4-11(13-8-22-13)6-14(12)27-3/h4-7,16,24H,8H2,1-3H3,(H2,21,25)(H,23,26). The van der Waals surface area contributed by atoms with E-state index >= 15 is 0 Å². The van der Waals surface area contributed by atoms with E-state index in [2.05, 4.69) is 15.3 Å². The van der Waals surface area contributed by atoms with Crippen LogP contribution in [0.25, 0.3) is 0 Å². The predicted molar refractivity (Wildman–Crippen MR) is 104 cm³/mol. The summed E-state index contributed by atoms with van der Waals surface area (Å²) in [6, 6.07) is 5.71. The first-order valence-electron chi connectivity index (χ1n) is 8.63. The first-order chi connectivity index (χ1) is 12.9. The molecule has 1 amide bonds. The van der Waals surface area contributed by atoms with Gasteiger partial charge in [0.1, 0.15) is 5.75 Å². The third-order valence-corrected chi connectivity index (χ3v) is 5.08. The lowest BCUT2D eigenvalue weighted by molar-refractivity contribution is -0.114. The van der Waals surface area contributed by atoms with Gasteiger partial charge in [-0.15, -0.1) is 0 Å². The van der Waals surface area contributed by atoms with Crippen LogP contribution in [0.15, 0.2) is 45.5 Å². The van der Waals surface area contributed by atoms with Crippen LogP contribution in [0.3, 0.4) is 0 Å². The number of amides is 1. The van der Waals surface area contributed by atoms with Crippen molar-refractivity contribution in [3.63, 3.8) is 0 Å². The molecule has 0 saturated carbocycles. The van der Waals surface area contributed by atoms with E-state index in [0.717, 1.165) is 28.9 Å². The number of aliphatic imine (C=N–C) groups is 1. The molecule has 7 nitrogen and oxygen atoms in total. The highest BCUT2D eigenvalue weighted by Crippen LogP contribution is 2.44. The molecule has 1 aromatic carbocycles. The summed E-state index contributed by atoms with van der Waals surface area (Å²) in [7, 11) is 1.57. The van der Waals surface area contributed by atoms with Gasteiger partial charge in [-0.25, -0.2) is 0 Å². The Balaban J connectivity index is 2.00. The Morgan fingerprint density at radius 2 is 2.07 bits per heavy atom. The van der Waals surface area contributed by atoms with Crippen molar-refractivity contribution in [1.82, 2.24) is 4.98 Å². The number of H-pyrrole nitrogens is 1. The number of carbonyl (C=O) groups excluding carboxylic acids is 1. The number of pyridine rings is 1. The summed E-state index contributed by atoms with van der Waals surface area (Å²) < 4.78 is 5.60. The number of nitrogens with zero attached hydrogens (tertiary/aromatic N) is 1. The third kappa shape index (κ3) is 2.71. The summed E-state index contributed by atoms with van der Waals surface area (Å²) >= 11 is 0. The topological polar surface area (TPSA) is 110 Å². The molecular weight excluding hydrogens is 344 g/mol. The van der Waals surface area contributed by atoms with Crippen LogP contribution >= 0.6 is 0 Å². The number of anilines is 1. The van der Waals surface area contributed by atoms with Gasteiger partial charge in [0.25, 0.3) is 5.56 Å². The average Bonchev–Trinajstić information content (AvgIpc) is 3.48. The normalized spacial score (nSPS) is 17.7. The SMILES string of the molecule is COc1cc(C2=NC2)ccc1C1C(C(N)=O)=C(C)Nc2c(C)c[nH]c(=O)c21. The van der Waals surface area contributed by atoms with Crippen molar-refractivity contribution in [2.45, 2.75) is 19.8 Å². The van der Waals surface area contributed by atoms with Crippen LogP contribution in [0.1, 0.15) is 35.1 Å². The molecule has 0 fully saturated rings. The van der Waals surface area contributed by atoms with Crippen LogP contribution in [-0.4, -0.2) is 30.3 Å². The average molecular weight is 364 g/mol. The highest BCUT2D eigenvalue weighted by atomic mass is 16.5. The number of aromatic nitrogens is 1. The van der Waals surface area contributed by atoms with Gasteiger partial charge in [0.15, 0.2) is 0 Å². The highest BCUT2D eigenvalue weighted by Gasteiger charge is 2.36. The molecule has 27 heavy (non-hydrogen) atoms. The maximum Gasteiger partial charge on any atom is 0.254 e. The Morgan fingerprint density at radius 1 is 1.33 bits per heavy atom. The number of aromatic amines is 1. The van der Waals surface area contributed by atoms with Crippen LogP contribution in [0.2, 0.25) is 0 Å². The molecule has 0 saturated heterocycles. The molecule has 1 atom stereocenters. The molecule has 4 N–H and O–H groups in total. The third-order valence-electron chi connectivity index (χ3n) is 5.08. The fraction of sp³-hybridized carbons (Fsp3) is 0.250. The fourth-order valence-corrected chi connectivity index (χ4v) is 3.70. The lowest BCUT2D eigenvalue weighted by Crippen LogP contribution is -2.32. The van der Waals surface area contributed by atoms with Crippen molar-refractivity contribution in [1.29, 1.82) is 0 Å². The number of primary amides is 1. The number of methoxy groups -OCH3 is 1. The summed E-state index contributed by atoms with van der Waals surface area (Å²) in [5.74, 6) is -0.603. The van der Waals surface area contributed by atoms with Gasteiger partial charge in [0.2, 0.25) is 5.91 Å². The Bertz CT molecular complexity index is 1090. The molecule has 2 aromatic rings. The number of hydrogen-bond donors (Lipinski definition) is 3. The number of ether oxygens (including phenoxy) is 1. The molecular formula is C20H20N4O3. The minimum Gasteiger partial charge on any atom is -0.496 e. The number of nitrogens with one attached hydrogen (secondary N) is 2. The van der Waals surface area contributed by atoms with Gasteiger partial charge in [0, 0.05) is 28.6 Å². The molecule has 2 aliphatic rings. The van der Waals surface area contributed by atoms with Crippen molar-refractivity contribution in [3.8, 4) is 5.75 Å². The van der Waals surface area contributed by atoms with Crippen molar-refractivity contribution < 1.29 is 9.53 Å². The zero-order valence-electron chi connectivity index (χ0n) is 15.3. The number of benzene rings is 1. The molecule has 0 radical (unpaired) electrons. The smallest absolute Gasteiger partial charge is 0.254 e. The largest absolute Gasteiger partial charge is 0.496 e. The second-order valence-corrected chi connectivity index (χ2v) is 6.77. The lowest BCUT2D eigenvalue weighted by atomic mass is 9.79. The van der Waals surface area contributed by atoms with Crippen molar-refractivity contribution in [2.24, 2.45) is 10.7 Å². The van der Waals surface area contributed by atoms with Crippen LogP contribution in [-0.2, 0) is 4.79 Å². The van der Waals surface area contributed by atoms with Gasteiger partial charge in [-0.1, -0.05) is 12.1 Å². The lowest BCUT2D eigenvalue weighted by Gasteiger charge is -2.30. The zero-order valence-corrected chi connectivity index (χ0v) is 15.3. The number of nitrogens with two attached hydrogens (primary N) is 1. The summed E-state index contributed by atoms with van der Waals surface area (Å²) in [4.78, 5) is 32.0. The second kappa shape index (κ2) is 6.12. The Morgan fingerprint density at radius 3 is 2.70 bits per heavy atom. The van der Waals surface area contributed by atoms with E-state index in [4.69, 9.17) is 10.5 Å². The van der Waals surface area contributed by atoms with Crippen LogP contribution in [0.4, 0.5) is 5.69 Å². The van der Waals surface area contributed by atoms with Crippen LogP contribution < -0.4 is 21.3 Å². The van der Waals surface area contributed by atoms with Gasteiger partial charge in [0.05, 0.1) is 36.5 Å². The number of rotatable bonds is 4. The molecule has 0 aliphatic carbocycles. The molecule has 0 spiro atoms. The van der Waals surface area contributed by atoms with Crippen molar-refractivity contribution in [3.05, 3.63) is 68.3 Å². The zero-order chi connectivity index (χ0) is 19.3. The van der Waals surface area contributed by atoms with Crippen LogP contribution in [0, 0.1) is 6.92 Å². The molecule has 7 heteroatoms. The maximum absolute atomic E-state index is 12.7. The first kappa shape index (κ1) is 17.1. The molecule has 2 aliphatic heterocycles. The van der Waals surface area contributed by atoms with E-state index in [1.165, 1.54) is 0 Å². The quantitative estimate of drug-likeness (QED) is 0.768. The number of carbonyl (C=O) groups is 1. The minimum atomic E-state index is -0.618. The molecule has 138 valence electrons. The predicted octanol–water partition coefficient (Wildman–Crippen LogP) is 1.81.